The molecule has 7 nitrogen and oxygen atoms in total. The first-order valence-corrected chi connectivity index (χ1v) is 12.0. The van der Waals surface area contributed by atoms with E-state index < -0.39 is 23.7 Å². The third-order valence-electron chi connectivity index (χ3n) is 4.63. The third kappa shape index (κ3) is 6.39. The molecule has 1 aliphatic heterocycles. The molecular formula is C24H24BrNO6S. The highest BCUT2D eigenvalue weighted by Crippen LogP contribution is 2.38. The molecule has 1 aliphatic rings. The Hall–Kier alpha value is -2.78. The predicted molar refractivity (Wildman–Crippen MR) is 130 cm³/mol. The number of hydrogen-bond acceptors (Lipinski definition) is 7. The van der Waals surface area contributed by atoms with Crippen molar-refractivity contribution >= 4 is 50.9 Å². The van der Waals surface area contributed by atoms with Gasteiger partial charge in [-0.25, -0.2) is 0 Å². The Labute approximate surface area is 205 Å². The van der Waals surface area contributed by atoms with E-state index in [4.69, 9.17) is 14.2 Å². The van der Waals surface area contributed by atoms with Crippen molar-refractivity contribution in [2.24, 2.45) is 0 Å². The number of nitrogens with zero attached hydrogens (tertiary/aromatic N) is 1. The molecule has 0 N–H and O–H groups in total. The molecule has 0 radical (unpaired) electrons. The molecule has 2 aromatic rings. The number of thioether (sulfide) groups is 1. The first kappa shape index (κ1) is 24.9. The lowest BCUT2D eigenvalue weighted by Gasteiger charge is -2.14. The third-order valence-corrected chi connectivity index (χ3v) is 6.22. The number of carbonyl (C=O) groups is 3. The Morgan fingerprint density at radius 3 is 2.42 bits per heavy atom. The quantitative estimate of drug-likeness (QED) is 0.318. The molecule has 0 unspecified atom stereocenters. The summed E-state index contributed by atoms with van der Waals surface area (Å²) in [5.74, 6) is -0.0970. The van der Waals surface area contributed by atoms with Gasteiger partial charge in [-0.15, -0.1) is 0 Å². The minimum absolute atomic E-state index is 0.177. The van der Waals surface area contributed by atoms with Gasteiger partial charge in [0.15, 0.2) is 11.5 Å². The number of carbonyl (C=O) groups excluding carboxylic acids is 3. The van der Waals surface area contributed by atoms with Crippen LogP contribution in [0.25, 0.3) is 6.08 Å². The maximum atomic E-state index is 12.7. The molecule has 0 spiro atoms. The number of hydrogen-bond donors (Lipinski definition) is 0. The highest BCUT2D eigenvalue weighted by atomic mass is 79.9. The van der Waals surface area contributed by atoms with Crippen LogP contribution in [0.1, 0.15) is 30.5 Å². The second kappa shape index (κ2) is 11.4. The summed E-state index contributed by atoms with van der Waals surface area (Å²) in [4.78, 5) is 37.7. The zero-order valence-electron chi connectivity index (χ0n) is 18.6. The van der Waals surface area contributed by atoms with Crippen LogP contribution < -0.4 is 9.47 Å². The van der Waals surface area contributed by atoms with Gasteiger partial charge in [0.1, 0.15) is 13.2 Å². The molecule has 0 aromatic heterocycles. The van der Waals surface area contributed by atoms with Crippen molar-refractivity contribution in [2.75, 3.05) is 19.8 Å². The van der Waals surface area contributed by atoms with Gasteiger partial charge >= 0.3 is 5.97 Å². The first-order valence-electron chi connectivity index (χ1n) is 10.4. The highest BCUT2D eigenvalue weighted by Gasteiger charge is 2.36. The molecular weight excluding hydrogens is 510 g/mol. The van der Waals surface area contributed by atoms with E-state index >= 15 is 0 Å². The van der Waals surface area contributed by atoms with Gasteiger partial charge in [-0.05, 0) is 61.9 Å². The molecule has 2 amide bonds. The van der Waals surface area contributed by atoms with E-state index in [1.54, 1.807) is 25.1 Å². The van der Waals surface area contributed by atoms with Gasteiger partial charge in [0.2, 0.25) is 0 Å². The van der Waals surface area contributed by atoms with E-state index in [2.05, 4.69) is 15.9 Å². The number of aryl methyl sites for hydroxylation is 1. The predicted octanol–water partition coefficient (Wildman–Crippen LogP) is 5.33. The summed E-state index contributed by atoms with van der Waals surface area (Å²) < 4.78 is 17.2. The minimum atomic E-state index is -0.629. The van der Waals surface area contributed by atoms with Crippen molar-refractivity contribution in [1.29, 1.82) is 0 Å². The van der Waals surface area contributed by atoms with Gasteiger partial charge in [0, 0.05) is 4.47 Å². The van der Waals surface area contributed by atoms with E-state index in [9.17, 15) is 14.4 Å². The summed E-state index contributed by atoms with van der Waals surface area (Å²) >= 11 is 4.29. The normalized spacial score (nSPS) is 14.7. The lowest BCUT2D eigenvalue weighted by Crippen LogP contribution is -2.34. The highest BCUT2D eigenvalue weighted by molar-refractivity contribution is 9.10. The van der Waals surface area contributed by atoms with Gasteiger partial charge in [-0.3, -0.25) is 19.3 Å². The summed E-state index contributed by atoms with van der Waals surface area (Å²) in [6.07, 6.45) is 1.59. The van der Waals surface area contributed by atoms with Crippen LogP contribution in [-0.4, -0.2) is 41.8 Å². The molecule has 1 saturated heterocycles. The molecule has 0 bridgehead atoms. The van der Waals surface area contributed by atoms with Gasteiger partial charge in [0.05, 0.1) is 18.1 Å². The van der Waals surface area contributed by atoms with E-state index in [1.165, 1.54) is 5.56 Å². The molecule has 9 heteroatoms. The molecule has 0 saturated carbocycles. The average Bonchev–Trinajstić information content (AvgIpc) is 3.03. The van der Waals surface area contributed by atoms with Crippen LogP contribution in [0.3, 0.4) is 0 Å². The van der Waals surface area contributed by atoms with Crippen LogP contribution in [0.4, 0.5) is 4.79 Å². The second-order valence-electron chi connectivity index (χ2n) is 7.10. The van der Waals surface area contributed by atoms with Gasteiger partial charge in [0.25, 0.3) is 11.1 Å². The van der Waals surface area contributed by atoms with Crippen molar-refractivity contribution in [3.8, 4) is 11.5 Å². The van der Waals surface area contributed by atoms with Crippen LogP contribution in [0.5, 0.6) is 11.5 Å². The van der Waals surface area contributed by atoms with Crippen molar-refractivity contribution in [3.63, 3.8) is 0 Å². The lowest BCUT2D eigenvalue weighted by molar-refractivity contribution is -0.145. The number of esters is 1. The Balaban J connectivity index is 1.81. The van der Waals surface area contributed by atoms with Crippen LogP contribution >= 0.6 is 27.7 Å². The number of ether oxygens (including phenoxy) is 3. The van der Waals surface area contributed by atoms with Crippen LogP contribution in [-0.2, 0) is 20.9 Å². The molecule has 3 rings (SSSR count). The summed E-state index contributed by atoms with van der Waals surface area (Å²) in [6, 6.07) is 11.6. The van der Waals surface area contributed by atoms with E-state index in [1.807, 2.05) is 38.1 Å². The van der Waals surface area contributed by atoms with Gasteiger partial charge in [-0.2, -0.15) is 0 Å². The van der Waals surface area contributed by atoms with Crippen molar-refractivity contribution in [1.82, 2.24) is 4.90 Å². The maximum absolute atomic E-state index is 12.7. The zero-order chi connectivity index (χ0) is 24.0. The van der Waals surface area contributed by atoms with Crippen molar-refractivity contribution in [2.45, 2.75) is 27.4 Å². The minimum Gasteiger partial charge on any atom is -0.490 e. The topological polar surface area (TPSA) is 82.1 Å². The number of amides is 2. The molecule has 1 fully saturated rings. The van der Waals surface area contributed by atoms with E-state index in [0.717, 1.165) is 22.2 Å². The fourth-order valence-electron chi connectivity index (χ4n) is 3.00. The SMILES string of the molecule is CCOC(=O)CN1C(=O)S/C(=C/c2cc(OCC)c(OCc3ccc(C)cc3)cc2Br)C1=O. The molecule has 174 valence electrons. The fourth-order valence-corrected chi connectivity index (χ4v) is 4.27. The van der Waals surface area contributed by atoms with Crippen LogP contribution in [0.15, 0.2) is 45.8 Å². The summed E-state index contributed by atoms with van der Waals surface area (Å²) in [7, 11) is 0. The Morgan fingerprint density at radius 1 is 1.06 bits per heavy atom. The Kier molecular flexibility index (Phi) is 8.57. The summed E-state index contributed by atoms with van der Waals surface area (Å²) in [5, 5.41) is -0.515. The van der Waals surface area contributed by atoms with Gasteiger partial charge < -0.3 is 14.2 Å². The standard InChI is InChI=1S/C24H24BrNO6S/c1-4-30-19-10-17(11-21-23(28)26(24(29)33-21)13-22(27)31-5-2)18(25)12-20(19)32-14-16-8-6-15(3)7-9-16/h6-12H,4-5,13-14H2,1-3H3/b21-11+. The number of rotatable bonds is 9. The smallest absolute Gasteiger partial charge is 0.326 e. The molecule has 1 heterocycles. The molecule has 0 aliphatic carbocycles. The number of benzene rings is 2. The zero-order valence-corrected chi connectivity index (χ0v) is 21.0. The molecule has 0 atom stereocenters. The van der Waals surface area contributed by atoms with Crippen LogP contribution in [0.2, 0.25) is 0 Å². The average molecular weight is 534 g/mol. The lowest BCUT2D eigenvalue weighted by atomic mass is 10.1. The monoisotopic (exact) mass is 533 g/mol. The summed E-state index contributed by atoms with van der Waals surface area (Å²) in [5.41, 5.74) is 2.84. The maximum Gasteiger partial charge on any atom is 0.326 e. The molecule has 2 aromatic carbocycles. The summed E-state index contributed by atoms with van der Waals surface area (Å²) in [6.45, 7) is 6.12. The largest absolute Gasteiger partial charge is 0.490 e. The Bertz CT molecular complexity index is 1080. The fraction of sp³-hybridized carbons (Fsp3) is 0.292. The van der Waals surface area contributed by atoms with Crippen molar-refractivity contribution in [3.05, 3.63) is 62.5 Å². The number of halogens is 1. The Morgan fingerprint density at radius 2 is 1.76 bits per heavy atom. The van der Waals surface area contributed by atoms with Gasteiger partial charge in [-0.1, -0.05) is 45.8 Å². The molecule has 33 heavy (non-hydrogen) atoms. The van der Waals surface area contributed by atoms with E-state index in [-0.39, 0.29) is 11.5 Å². The second-order valence-corrected chi connectivity index (χ2v) is 8.95. The first-order chi connectivity index (χ1) is 15.8. The van der Waals surface area contributed by atoms with Crippen molar-refractivity contribution < 1.29 is 28.6 Å². The van der Waals surface area contributed by atoms with E-state index in [0.29, 0.717) is 34.7 Å². The van der Waals surface area contributed by atoms with Crippen LogP contribution in [0, 0.1) is 6.92 Å². The number of imide groups is 1.